The van der Waals surface area contributed by atoms with E-state index in [2.05, 4.69) is 10.6 Å². The first-order chi connectivity index (χ1) is 13.0. The summed E-state index contributed by atoms with van der Waals surface area (Å²) in [5.74, 6) is 0.596. The van der Waals surface area contributed by atoms with Gasteiger partial charge in [0.1, 0.15) is 12.4 Å². The topological polar surface area (TPSA) is 79.9 Å². The molecule has 1 atom stereocenters. The number of hydrogen-bond donors (Lipinski definition) is 2. The summed E-state index contributed by atoms with van der Waals surface area (Å²) < 4.78 is 10.7. The van der Waals surface area contributed by atoms with Crippen molar-refractivity contribution in [3.8, 4) is 5.75 Å². The van der Waals surface area contributed by atoms with Gasteiger partial charge in [0.05, 0.1) is 19.8 Å². The minimum Gasteiger partial charge on any atom is -0.497 e. The smallest absolute Gasteiger partial charge is 0.319 e. The molecular formula is C19H20ClN3O4. The van der Waals surface area contributed by atoms with Crippen molar-refractivity contribution in [1.82, 2.24) is 5.32 Å². The molecule has 27 heavy (non-hydrogen) atoms. The molecule has 1 heterocycles. The van der Waals surface area contributed by atoms with E-state index >= 15 is 0 Å². The Labute approximate surface area is 162 Å². The van der Waals surface area contributed by atoms with Gasteiger partial charge in [-0.3, -0.25) is 4.79 Å². The fraction of sp³-hybridized carbons (Fsp3) is 0.263. The van der Waals surface area contributed by atoms with Crippen LogP contribution in [0.4, 0.5) is 16.2 Å². The molecule has 2 N–H and O–H groups in total. The van der Waals surface area contributed by atoms with Crippen molar-refractivity contribution in [2.24, 2.45) is 0 Å². The van der Waals surface area contributed by atoms with Crippen LogP contribution in [0.5, 0.6) is 5.75 Å². The normalized spacial score (nSPS) is 16.7. The summed E-state index contributed by atoms with van der Waals surface area (Å²) in [4.78, 5) is 25.8. The van der Waals surface area contributed by atoms with Gasteiger partial charge in [-0.05, 0) is 48.5 Å². The van der Waals surface area contributed by atoms with E-state index < -0.39 is 0 Å². The van der Waals surface area contributed by atoms with Gasteiger partial charge in [0.2, 0.25) is 0 Å². The van der Waals surface area contributed by atoms with Crippen LogP contribution in [0.1, 0.15) is 0 Å². The fourth-order valence-electron chi connectivity index (χ4n) is 2.68. The maximum absolute atomic E-state index is 12.2. The van der Waals surface area contributed by atoms with E-state index in [1.54, 1.807) is 48.4 Å². The molecule has 0 aromatic heterocycles. The van der Waals surface area contributed by atoms with E-state index in [9.17, 15) is 9.59 Å². The molecule has 0 saturated carbocycles. The third-order valence-corrected chi connectivity index (χ3v) is 4.36. The molecule has 0 bridgehead atoms. The predicted molar refractivity (Wildman–Crippen MR) is 104 cm³/mol. The second-order valence-electron chi connectivity index (χ2n) is 5.98. The van der Waals surface area contributed by atoms with Gasteiger partial charge in [-0.15, -0.1) is 0 Å². The van der Waals surface area contributed by atoms with Crippen molar-refractivity contribution >= 4 is 34.9 Å². The Kier molecular flexibility index (Phi) is 6.16. The van der Waals surface area contributed by atoms with Crippen molar-refractivity contribution in [3.05, 3.63) is 53.6 Å². The lowest BCUT2D eigenvalue weighted by Gasteiger charge is -2.33. The van der Waals surface area contributed by atoms with E-state index in [1.807, 2.05) is 12.1 Å². The summed E-state index contributed by atoms with van der Waals surface area (Å²) in [5.41, 5.74) is 1.40. The number of rotatable bonds is 5. The third-order valence-electron chi connectivity index (χ3n) is 4.11. The van der Waals surface area contributed by atoms with Crippen LogP contribution in [0.2, 0.25) is 5.02 Å². The van der Waals surface area contributed by atoms with Crippen LogP contribution in [0.15, 0.2) is 48.5 Å². The molecule has 3 amide bonds. The van der Waals surface area contributed by atoms with E-state index in [0.717, 1.165) is 11.4 Å². The van der Waals surface area contributed by atoms with Gasteiger partial charge in [-0.2, -0.15) is 0 Å². The van der Waals surface area contributed by atoms with E-state index in [-0.39, 0.29) is 31.2 Å². The number of amides is 3. The van der Waals surface area contributed by atoms with E-state index in [1.165, 1.54) is 0 Å². The van der Waals surface area contributed by atoms with Gasteiger partial charge in [0.25, 0.3) is 5.91 Å². The first-order valence-corrected chi connectivity index (χ1v) is 8.79. The highest BCUT2D eigenvalue weighted by atomic mass is 35.5. The summed E-state index contributed by atoms with van der Waals surface area (Å²) >= 11 is 5.82. The van der Waals surface area contributed by atoms with Crippen LogP contribution in [0.3, 0.4) is 0 Å². The number of urea groups is 1. The van der Waals surface area contributed by atoms with Crippen LogP contribution >= 0.6 is 11.6 Å². The summed E-state index contributed by atoms with van der Waals surface area (Å²) in [7, 11) is 1.59. The van der Waals surface area contributed by atoms with Crippen LogP contribution in [0.25, 0.3) is 0 Å². The Balaban J connectivity index is 1.53. The highest BCUT2D eigenvalue weighted by Crippen LogP contribution is 2.22. The Morgan fingerprint density at radius 2 is 1.93 bits per heavy atom. The maximum atomic E-state index is 12.2. The van der Waals surface area contributed by atoms with Gasteiger partial charge < -0.3 is 25.0 Å². The number of benzene rings is 2. The first-order valence-electron chi connectivity index (χ1n) is 8.41. The third kappa shape index (κ3) is 5.12. The number of nitrogens with zero attached hydrogens (tertiary/aromatic N) is 1. The first kappa shape index (κ1) is 19.0. The average Bonchev–Trinajstić information content (AvgIpc) is 2.69. The summed E-state index contributed by atoms with van der Waals surface area (Å²) in [6.07, 6.45) is -0.305. The summed E-state index contributed by atoms with van der Waals surface area (Å²) in [5, 5.41) is 6.07. The van der Waals surface area contributed by atoms with Crippen molar-refractivity contribution in [2.75, 3.05) is 37.0 Å². The van der Waals surface area contributed by atoms with Gasteiger partial charge in [-0.1, -0.05) is 11.6 Å². The molecule has 2 aromatic carbocycles. The number of anilines is 2. The van der Waals surface area contributed by atoms with E-state index in [0.29, 0.717) is 17.3 Å². The number of nitrogens with one attached hydrogen (secondary N) is 2. The minimum atomic E-state index is -0.353. The van der Waals surface area contributed by atoms with Crippen molar-refractivity contribution < 1.29 is 19.1 Å². The maximum Gasteiger partial charge on any atom is 0.319 e. The zero-order valence-corrected chi connectivity index (χ0v) is 15.5. The molecule has 1 fully saturated rings. The highest BCUT2D eigenvalue weighted by molar-refractivity contribution is 6.30. The number of morpholine rings is 1. The van der Waals surface area contributed by atoms with Crippen molar-refractivity contribution in [1.29, 1.82) is 0 Å². The molecule has 0 aliphatic carbocycles. The highest BCUT2D eigenvalue weighted by Gasteiger charge is 2.27. The standard InChI is InChI=1S/C19H20ClN3O4/c1-26-16-8-6-15(7-9-16)23-11-17(27-12-18(23)24)10-21-19(25)22-14-4-2-13(20)3-5-14/h2-9,17H,10-12H2,1H3,(H2,21,22,25). The SMILES string of the molecule is COc1ccc(N2CC(CNC(=O)Nc3ccc(Cl)cc3)OCC2=O)cc1. The predicted octanol–water partition coefficient (Wildman–Crippen LogP) is 2.90. The molecule has 7 nitrogen and oxygen atoms in total. The van der Waals surface area contributed by atoms with Crippen molar-refractivity contribution in [2.45, 2.75) is 6.10 Å². The van der Waals surface area contributed by atoms with Gasteiger partial charge >= 0.3 is 6.03 Å². The number of halogens is 1. The van der Waals surface area contributed by atoms with Crippen LogP contribution < -0.4 is 20.3 Å². The molecule has 1 saturated heterocycles. The monoisotopic (exact) mass is 389 g/mol. The Morgan fingerprint density at radius 3 is 2.59 bits per heavy atom. The molecule has 3 rings (SSSR count). The average molecular weight is 390 g/mol. The number of carbonyl (C=O) groups is 2. The second kappa shape index (κ2) is 8.75. The summed E-state index contributed by atoms with van der Waals surface area (Å²) in [6.45, 7) is 0.600. The number of hydrogen-bond acceptors (Lipinski definition) is 4. The Morgan fingerprint density at radius 1 is 1.22 bits per heavy atom. The fourth-order valence-corrected chi connectivity index (χ4v) is 2.80. The van der Waals surface area contributed by atoms with Gasteiger partial charge in [0, 0.05) is 22.9 Å². The molecule has 2 aromatic rings. The number of carbonyl (C=O) groups excluding carboxylic acids is 2. The zero-order valence-electron chi connectivity index (χ0n) is 14.8. The molecule has 0 radical (unpaired) electrons. The molecule has 142 valence electrons. The minimum absolute atomic E-state index is 0.0306. The van der Waals surface area contributed by atoms with Crippen LogP contribution in [-0.4, -0.2) is 44.8 Å². The van der Waals surface area contributed by atoms with Crippen LogP contribution in [-0.2, 0) is 9.53 Å². The largest absolute Gasteiger partial charge is 0.497 e. The molecule has 1 aliphatic heterocycles. The molecule has 8 heteroatoms. The Hall–Kier alpha value is -2.77. The van der Waals surface area contributed by atoms with Gasteiger partial charge in [-0.25, -0.2) is 4.79 Å². The van der Waals surface area contributed by atoms with Crippen molar-refractivity contribution in [3.63, 3.8) is 0 Å². The lowest BCUT2D eigenvalue weighted by molar-refractivity contribution is -0.129. The van der Waals surface area contributed by atoms with Crippen LogP contribution in [0, 0.1) is 0 Å². The molecule has 1 aliphatic rings. The second-order valence-corrected chi connectivity index (χ2v) is 6.41. The van der Waals surface area contributed by atoms with Gasteiger partial charge in [0.15, 0.2) is 0 Å². The van der Waals surface area contributed by atoms with E-state index in [4.69, 9.17) is 21.1 Å². The quantitative estimate of drug-likeness (QED) is 0.824. The molecular weight excluding hydrogens is 370 g/mol. The zero-order chi connectivity index (χ0) is 19.2. The Bertz CT molecular complexity index is 796. The summed E-state index contributed by atoms with van der Waals surface area (Å²) in [6, 6.07) is 13.7. The molecule has 0 spiro atoms. The lowest BCUT2D eigenvalue weighted by atomic mass is 10.2. The number of methoxy groups -OCH3 is 1. The lowest BCUT2D eigenvalue weighted by Crippen LogP contribution is -2.51. The number of ether oxygens (including phenoxy) is 2. The molecule has 1 unspecified atom stereocenters.